The van der Waals surface area contributed by atoms with Gasteiger partial charge in [0.2, 0.25) is 5.91 Å². The molecule has 0 fully saturated rings. The number of rotatable bonds is 5. The number of nitrogens with two attached hydrogens (primary N) is 1. The smallest absolute Gasteiger partial charge is 0.257 e. The van der Waals surface area contributed by atoms with Gasteiger partial charge in [-0.2, -0.15) is 0 Å². The van der Waals surface area contributed by atoms with Crippen LogP contribution in [0.25, 0.3) is 0 Å². The van der Waals surface area contributed by atoms with Gasteiger partial charge in [0.15, 0.2) is 0 Å². The van der Waals surface area contributed by atoms with Crippen LogP contribution in [0.5, 0.6) is 0 Å². The van der Waals surface area contributed by atoms with Crippen LogP contribution < -0.4 is 16.4 Å². The Morgan fingerprint density at radius 3 is 2.26 bits per heavy atom. The van der Waals surface area contributed by atoms with Gasteiger partial charge in [-0.15, -0.1) is 0 Å². The number of para-hydroxylation sites is 1. The third-order valence-electron chi connectivity index (χ3n) is 4.14. The monoisotopic (exact) mass is 379 g/mol. The standard InChI is InChI=1S/C21H18ClN3O2/c1-13-17(22)6-4-8-18(13)25-19-7-3-2-5-16(19)21(27)24-15-11-9-14(10-12-15)20(23)26/h2-12,25H,1H3,(H2,23,26)(H,24,27). The number of halogens is 1. The minimum Gasteiger partial charge on any atom is -0.366 e. The molecule has 0 radical (unpaired) electrons. The van der Waals surface area contributed by atoms with E-state index >= 15 is 0 Å². The van der Waals surface area contributed by atoms with Gasteiger partial charge >= 0.3 is 0 Å². The highest BCUT2D eigenvalue weighted by Gasteiger charge is 2.13. The third kappa shape index (κ3) is 4.27. The Morgan fingerprint density at radius 2 is 1.56 bits per heavy atom. The summed E-state index contributed by atoms with van der Waals surface area (Å²) in [6.07, 6.45) is 0. The number of amides is 2. The van der Waals surface area contributed by atoms with Crippen molar-refractivity contribution in [3.63, 3.8) is 0 Å². The molecule has 4 N–H and O–H groups in total. The third-order valence-corrected chi connectivity index (χ3v) is 4.55. The largest absolute Gasteiger partial charge is 0.366 e. The molecule has 0 unspecified atom stereocenters. The van der Waals surface area contributed by atoms with E-state index < -0.39 is 5.91 Å². The first-order valence-electron chi connectivity index (χ1n) is 8.28. The van der Waals surface area contributed by atoms with E-state index in [0.29, 0.717) is 27.5 Å². The summed E-state index contributed by atoms with van der Waals surface area (Å²) < 4.78 is 0. The van der Waals surface area contributed by atoms with Gasteiger partial charge in [0, 0.05) is 22.0 Å². The van der Waals surface area contributed by atoms with E-state index in [0.717, 1.165) is 11.3 Å². The zero-order valence-electron chi connectivity index (χ0n) is 14.6. The van der Waals surface area contributed by atoms with Gasteiger partial charge in [-0.1, -0.05) is 29.8 Å². The SMILES string of the molecule is Cc1c(Cl)cccc1Nc1ccccc1C(=O)Nc1ccc(C(N)=O)cc1. The van der Waals surface area contributed by atoms with E-state index in [4.69, 9.17) is 17.3 Å². The van der Waals surface area contributed by atoms with E-state index in [-0.39, 0.29) is 5.91 Å². The van der Waals surface area contributed by atoms with Gasteiger partial charge in [0.25, 0.3) is 5.91 Å². The maximum atomic E-state index is 12.7. The van der Waals surface area contributed by atoms with Gasteiger partial charge in [-0.05, 0) is 61.0 Å². The van der Waals surface area contributed by atoms with Crippen molar-refractivity contribution >= 4 is 40.5 Å². The molecule has 0 heterocycles. The Bertz CT molecular complexity index is 1000. The molecular weight excluding hydrogens is 362 g/mol. The lowest BCUT2D eigenvalue weighted by Crippen LogP contribution is -2.15. The predicted octanol–water partition coefficient (Wildman–Crippen LogP) is 4.74. The average Bonchev–Trinajstić information content (AvgIpc) is 2.66. The van der Waals surface area contributed by atoms with Crippen LogP contribution in [0.15, 0.2) is 66.7 Å². The number of benzene rings is 3. The second-order valence-electron chi connectivity index (χ2n) is 5.98. The summed E-state index contributed by atoms with van der Waals surface area (Å²) in [5, 5.41) is 6.73. The molecular formula is C21H18ClN3O2. The summed E-state index contributed by atoms with van der Waals surface area (Å²) in [7, 11) is 0. The van der Waals surface area contributed by atoms with Crippen LogP contribution in [0.2, 0.25) is 5.02 Å². The molecule has 136 valence electrons. The van der Waals surface area contributed by atoms with Crippen LogP contribution in [0.3, 0.4) is 0 Å². The van der Waals surface area contributed by atoms with Crippen molar-refractivity contribution in [2.45, 2.75) is 6.92 Å². The zero-order valence-corrected chi connectivity index (χ0v) is 15.4. The van der Waals surface area contributed by atoms with Crippen molar-refractivity contribution < 1.29 is 9.59 Å². The Balaban J connectivity index is 1.83. The fourth-order valence-electron chi connectivity index (χ4n) is 2.59. The zero-order chi connectivity index (χ0) is 19.4. The molecule has 2 amide bonds. The second-order valence-corrected chi connectivity index (χ2v) is 6.39. The molecule has 0 saturated heterocycles. The van der Waals surface area contributed by atoms with Crippen LogP contribution in [0.4, 0.5) is 17.1 Å². The number of carbonyl (C=O) groups is 2. The Hall–Kier alpha value is -3.31. The van der Waals surface area contributed by atoms with Crippen LogP contribution in [0, 0.1) is 6.92 Å². The van der Waals surface area contributed by atoms with E-state index in [1.807, 2.05) is 37.3 Å². The van der Waals surface area contributed by atoms with Gasteiger partial charge in [0.05, 0.1) is 11.3 Å². The summed E-state index contributed by atoms with van der Waals surface area (Å²) in [5.41, 5.74) is 9.05. The number of carbonyl (C=O) groups excluding carboxylic acids is 2. The number of anilines is 3. The van der Waals surface area contributed by atoms with Crippen LogP contribution >= 0.6 is 11.6 Å². The van der Waals surface area contributed by atoms with E-state index in [1.165, 1.54) is 0 Å². The molecule has 0 bridgehead atoms. The maximum absolute atomic E-state index is 12.7. The van der Waals surface area contributed by atoms with Gasteiger partial charge in [0.1, 0.15) is 0 Å². The first-order chi connectivity index (χ1) is 13.0. The quantitative estimate of drug-likeness (QED) is 0.598. The number of nitrogens with one attached hydrogen (secondary N) is 2. The number of hydrogen-bond acceptors (Lipinski definition) is 3. The Morgan fingerprint density at radius 1 is 0.889 bits per heavy atom. The first kappa shape index (κ1) is 18.5. The average molecular weight is 380 g/mol. The Kier molecular flexibility index (Phi) is 5.43. The highest BCUT2D eigenvalue weighted by molar-refractivity contribution is 6.31. The molecule has 5 nitrogen and oxygen atoms in total. The fraction of sp³-hybridized carbons (Fsp3) is 0.0476. The van der Waals surface area contributed by atoms with E-state index in [9.17, 15) is 9.59 Å². The Labute approximate surface area is 162 Å². The predicted molar refractivity (Wildman–Crippen MR) is 109 cm³/mol. The van der Waals surface area contributed by atoms with Crippen LogP contribution in [-0.4, -0.2) is 11.8 Å². The minimum atomic E-state index is -0.515. The van der Waals surface area contributed by atoms with Crippen molar-refractivity contribution in [3.8, 4) is 0 Å². The fourth-order valence-corrected chi connectivity index (χ4v) is 2.77. The molecule has 0 spiro atoms. The van der Waals surface area contributed by atoms with E-state index in [2.05, 4.69) is 10.6 Å². The molecule has 6 heteroatoms. The summed E-state index contributed by atoms with van der Waals surface area (Å²) in [6, 6.07) is 19.2. The molecule has 27 heavy (non-hydrogen) atoms. The first-order valence-corrected chi connectivity index (χ1v) is 8.66. The lowest BCUT2D eigenvalue weighted by atomic mass is 10.1. The molecule has 0 aromatic heterocycles. The van der Waals surface area contributed by atoms with Gasteiger partial charge < -0.3 is 16.4 Å². The molecule has 0 aliphatic rings. The second kappa shape index (κ2) is 7.93. The normalized spacial score (nSPS) is 10.3. The van der Waals surface area contributed by atoms with Crippen LogP contribution in [-0.2, 0) is 0 Å². The summed E-state index contributed by atoms with van der Waals surface area (Å²) in [6.45, 7) is 1.91. The molecule has 3 aromatic rings. The van der Waals surface area contributed by atoms with Crippen molar-refractivity contribution in [1.29, 1.82) is 0 Å². The van der Waals surface area contributed by atoms with Crippen LogP contribution in [0.1, 0.15) is 26.3 Å². The highest BCUT2D eigenvalue weighted by atomic mass is 35.5. The molecule has 3 rings (SSSR count). The van der Waals surface area contributed by atoms with Gasteiger partial charge in [-0.25, -0.2) is 0 Å². The lowest BCUT2D eigenvalue weighted by molar-refractivity contribution is 0.0998. The van der Waals surface area contributed by atoms with Crippen molar-refractivity contribution in [3.05, 3.63) is 88.4 Å². The van der Waals surface area contributed by atoms with Crippen molar-refractivity contribution in [2.24, 2.45) is 5.73 Å². The summed E-state index contributed by atoms with van der Waals surface area (Å²) in [5.74, 6) is -0.788. The molecule has 0 aliphatic carbocycles. The lowest BCUT2D eigenvalue weighted by Gasteiger charge is -2.14. The minimum absolute atomic E-state index is 0.274. The van der Waals surface area contributed by atoms with Crippen molar-refractivity contribution in [2.75, 3.05) is 10.6 Å². The molecule has 0 saturated carbocycles. The highest BCUT2D eigenvalue weighted by Crippen LogP contribution is 2.28. The molecule has 0 aliphatic heterocycles. The number of hydrogen-bond donors (Lipinski definition) is 3. The van der Waals surface area contributed by atoms with Gasteiger partial charge in [-0.3, -0.25) is 9.59 Å². The van der Waals surface area contributed by atoms with E-state index in [1.54, 1.807) is 36.4 Å². The maximum Gasteiger partial charge on any atom is 0.257 e. The number of primary amides is 1. The summed E-state index contributed by atoms with van der Waals surface area (Å²) in [4.78, 5) is 23.9. The van der Waals surface area contributed by atoms with Crippen molar-refractivity contribution in [1.82, 2.24) is 0 Å². The topological polar surface area (TPSA) is 84.2 Å². The summed E-state index contributed by atoms with van der Waals surface area (Å²) >= 11 is 6.17. The molecule has 3 aromatic carbocycles. The molecule has 0 atom stereocenters.